The third-order valence-corrected chi connectivity index (χ3v) is 5.38. The molecule has 1 atom stereocenters. The Morgan fingerprint density at radius 3 is 2.90 bits per heavy atom. The average molecular weight is 361 g/mol. The molecule has 2 rings (SSSR count). The van der Waals surface area contributed by atoms with Gasteiger partial charge in [-0.3, -0.25) is 4.79 Å². The fourth-order valence-corrected chi connectivity index (χ4v) is 4.00. The molecule has 1 heterocycles. The summed E-state index contributed by atoms with van der Waals surface area (Å²) >= 11 is 3.24. The third-order valence-electron chi connectivity index (χ3n) is 3.29. The van der Waals surface area contributed by atoms with Gasteiger partial charge in [0.1, 0.15) is 5.75 Å². The first-order chi connectivity index (χ1) is 9.40. The van der Waals surface area contributed by atoms with Crippen molar-refractivity contribution in [1.29, 1.82) is 0 Å². The quantitative estimate of drug-likeness (QED) is 0.874. The Morgan fingerprint density at radius 1 is 1.50 bits per heavy atom. The normalized spacial score (nSPS) is 19.9. The second-order valence-electron chi connectivity index (χ2n) is 4.86. The standard InChI is InChI=1S/C13H17BrN2O3S/c1-10-8-15-5-6-16(10)13(17)9-20(18,19)12-4-2-3-11(14)7-12/h2-4,7,10,15H,5-6,8-9H2,1H3/t10-/m0/s1. The van der Waals surface area contributed by atoms with Crippen LogP contribution in [0, 0.1) is 0 Å². The number of piperazine rings is 1. The van der Waals surface area contributed by atoms with E-state index in [9.17, 15) is 13.2 Å². The molecule has 20 heavy (non-hydrogen) atoms. The Hall–Kier alpha value is -0.920. The van der Waals surface area contributed by atoms with Crippen LogP contribution in [-0.4, -0.2) is 50.7 Å². The highest BCUT2D eigenvalue weighted by molar-refractivity contribution is 9.10. The van der Waals surface area contributed by atoms with Gasteiger partial charge in [0.25, 0.3) is 0 Å². The molecule has 0 saturated carbocycles. The first-order valence-electron chi connectivity index (χ1n) is 6.38. The molecular formula is C13H17BrN2O3S. The summed E-state index contributed by atoms with van der Waals surface area (Å²) in [5, 5.41) is 3.17. The number of carbonyl (C=O) groups excluding carboxylic acids is 1. The predicted octanol–water partition coefficient (Wildman–Crippen LogP) is 1.04. The minimum atomic E-state index is -3.60. The predicted molar refractivity (Wildman–Crippen MR) is 80.2 cm³/mol. The maximum absolute atomic E-state index is 12.3. The molecule has 0 aliphatic carbocycles. The monoisotopic (exact) mass is 360 g/mol. The number of nitrogens with one attached hydrogen (secondary N) is 1. The van der Waals surface area contributed by atoms with Crippen LogP contribution in [0.4, 0.5) is 0 Å². The van der Waals surface area contributed by atoms with E-state index in [1.165, 1.54) is 12.1 Å². The SMILES string of the molecule is C[C@H]1CNCCN1C(=O)CS(=O)(=O)c1cccc(Br)c1. The number of sulfone groups is 1. The molecule has 0 spiro atoms. The van der Waals surface area contributed by atoms with Gasteiger partial charge in [-0.25, -0.2) is 8.42 Å². The summed E-state index contributed by atoms with van der Waals surface area (Å²) in [6, 6.07) is 6.45. The molecular weight excluding hydrogens is 344 g/mol. The Kier molecular flexibility index (Phi) is 4.82. The molecule has 1 fully saturated rings. The van der Waals surface area contributed by atoms with Gasteiger partial charge in [0.2, 0.25) is 5.91 Å². The van der Waals surface area contributed by atoms with Crippen molar-refractivity contribution in [1.82, 2.24) is 10.2 Å². The van der Waals surface area contributed by atoms with E-state index in [2.05, 4.69) is 21.2 Å². The number of nitrogens with zero attached hydrogens (tertiary/aromatic N) is 1. The van der Waals surface area contributed by atoms with Crippen LogP contribution < -0.4 is 5.32 Å². The van der Waals surface area contributed by atoms with Crippen molar-refractivity contribution >= 4 is 31.7 Å². The number of hydrogen-bond donors (Lipinski definition) is 1. The maximum Gasteiger partial charge on any atom is 0.238 e. The Morgan fingerprint density at radius 2 is 2.25 bits per heavy atom. The molecule has 7 heteroatoms. The van der Waals surface area contributed by atoms with Gasteiger partial charge in [-0.1, -0.05) is 22.0 Å². The molecule has 0 unspecified atom stereocenters. The average Bonchev–Trinajstić information content (AvgIpc) is 2.38. The van der Waals surface area contributed by atoms with Crippen LogP contribution in [0.25, 0.3) is 0 Å². The van der Waals surface area contributed by atoms with E-state index in [-0.39, 0.29) is 16.8 Å². The van der Waals surface area contributed by atoms with Gasteiger partial charge in [0.15, 0.2) is 9.84 Å². The van der Waals surface area contributed by atoms with Crippen molar-refractivity contribution in [2.75, 3.05) is 25.4 Å². The van der Waals surface area contributed by atoms with E-state index in [0.717, 1.165) is 0 Å². The summed E-state index contributed by atoms with van der Waals surface area (Å²) in [6.07, 6.45) is 0. The minimum absolute atomic E-state index is 0.0222. The van der Waals surface area contributed by atoms with Crippen LogP contribution in [0.2, 0.25) is 0 Å². The highest BCUT2D eigenvalue weighted by Crippen LogP contribution is 2.18. The molecule has 1 amide bonds. The van der Waals surface area contributed by atoms with Gasteiger partial charge in [0.05, 0.1) is 4.90 Å². The number of amides is 1. The lowest BCUT2D eigenvalue weighted by Gasteiger charge is -2.33. The minimum Gasteiger partial charge on any atom is -0.337 e. The molecule has 1 aromatic carbocycles. The molecule has 1 aliphatic rings. The summed E-state index contributed by atoms with van der Waals surface area (Å²) in [5.74, 6) is -0.813. The largest absolute Gasteiger partial charge is 0.337 e. The van der Waals surface area contributed by atoms with Crippen LogP contribution in [-0.2, 0) is 14.6 Å². The van der Waals surface area contributed by atoms with E-state index in [1.807, 2.05) is 6.92 Å². The van der Waals surface area contributed by atoms with Crippen molar-refractivity contribution in [3.8, 4) is 0 Å². The zero-order chi connectivity index (χ0) is 14.8. The maximum atomic E-state index is 12.3. The van der Waals surface area contributed by atoms with Crippen molar-refractivity contribution in [3.63, 3.8) is 0 Å². The van der Waals surface area contributed by atoms with Gasteiger partial charge in [-0.05, 0) is 25.1 Å². The van der Waals surface area contributed by atoms with Gasteiger partial charge < -0.3 is 10.2 Å². The van der Waals surface area contributed by atoms with Crippen molar-refractivity contribution in [2.24, 2.45) is 0 Å². The Labute approximate surface area is 127 Å². The number of benzene rings is 1. The number of hydrogen-bond acceptors (Lipinski definition) is 4. The first kappa shape index (κ1) is 15.5. The molecule has 0 radical (unpaired) electrons. The molecule has 5 nitrogen and oxygen atoms in total. The third kappa shape index (κ3) is 3.59. The van der Waals surface area contributed by atoms with Gasteiger partial charge in [-0.2, -0.15) is 0 Å². The molecule has 1 saturated heterocycles. The fraction of sp³-hybridized carbons (Fsp3) is 0.462. The van der Waals surface area contributed by atoms with Crippen molar-refractivity contribution in [2.45, 2.75) is 17.9 Å². The second-order valence-corrected chi connectivity index (χ2v) is 7.76. The van der Waals surface area contributed by atoms with Crippen LogP contribution in [0.3, 0.4) is 0 Å². The van der Waals surface area contributed by atoms with Crippen LogP contribution in [0.1, 0.15) is 6.92 Å². The molecule has 0 aromatic heterocycles. The topological polar surface area (TPSA) is 66.5 Å². The van der Waals surface area contributed by atoms with E-state index >= 15 is 0 Å². The summed E-state index contributed by atoms with van der Waals surface area (Å²) in [4.78, 5) is 14.0. The van der Waals surface area contributed by atoms with E-state index < -0.39 is 15.6 Å². The molecule has 1 aromatic rings. The first-order valence-corrected chi connectivity index (χ1v) is 8.83. The summed E-state index contributed by atoms with van der Waals surface area (Å²) in [7, 11) is -3.60. The van der Waals surface area contributed by atoms with Crippen molar-refractivity contribution < 1.29 is 13.2 Å². The van der Waals surface area contributed by atoms with Gasteiger partial charge in [0, 0.05) is 30.1 Å². The van der Waals surface area contributed by atoms with Gasteiger partial charge in [-0.15, -0.1) is 0 Å². The van der Waals surface area contributed by atoms with Crippen LogP contribution in [0.5, 0.6) is 0 Å². The van der Waals surface area contributed by atoms with Gasteiger partial charge >= 0.3 is 0 Å². The molecule has 110 valence electrons. The second kappa shape index (κ2) is 6.24. The molecule has 1 N–H and O–H groups in total. The lowest BCUT2D eigenvalue weighted by atomic mass is 10.2. The summed E-state index contributed by atoms with van der Waals surface area (Å²) in [5.41, 5.74) is 0. The van der Waals surface area contributed by atoms with Crippen LogP contribution in [0.15, 0.2) is 33.6 Å². The highest BCUT2D eigenvalue weighted by atomic mass is 79.9. The smallest absolute Gasteiger partial charge is 0.238 e. The molecule has 1 aliphatic heterocycles. The number of halogens is 1. The van der Waals surface area contributed by atoms with E-state index in [4.69, 9.17) is 0 Å². The van der Waals surface area contributed by atoms with Crippen molar-refractivity contribution in [3.05, 3.63) is 28.7 Å². The van der Waals surface area contributed by atoms with E-state index in [1.54, 1.807) is 17.0 Å². The Bertz CT molecular complexity index is 603. The molecule has 0 bridgehead atoms. The fourth-order valence-electron chi connectivity index (χ4n) is 2.20. The lowest BCUT2D eigenvalue weighted by molar-refractivity contribution is -0.131. The zero-order valence-corrected chi connectivity index (χ0v) is 13.6. The summed E-state index contributed by atoms with van der Waals surface area (Å²) in [6.45, 7) is 3.86. The van der Waals surface area contributed by atoms with E-state index in [0.29, 0.717) is 24.1 Å². The number of rotatable bonds is 3. The Balaban J connectivity index is 2.14. The number of carbonyl (C=O) groups is 1. The lowest BCUT2D eigenvalue weighted by Crippen LogP contribution is -2.53. The zero-order valence-electron chi connectivity index (χ0n) is 11.2. The summed E-state index contributed by atoms with van der Waals surface area (Å²) < 4.78 is 25.2. The highest BCUT2D eigenvalue weighted by Gasteiger charge is 2.28. The van der Waals surface area contributed by atoms with Crippen LogP contribution >= 0.6 is 15.9 Å².